The first kappa shape index (κ1) is 10.5. The Balaban J connectivity index is 2.89. The van der Waals surface area contributed by atoms with E-state index >= 15 is 0 Å². The van der Waals surface area contributed by atoms with Crippen LogP contribution in [0.5, 0.6) is 5.75 Å². The quantitative estimate of drug-likeness (QED) is 0.708. The largest absolute Gasteiger partial charge is 0.507 e. The average Bonchev–Trinajstić information content (AvgIpc) is 2.21. The number of benzene rings is 1. The van der Waals surface area contributed by atoms with Crippen LogP contribution in [-0.4, -0.2) is 25.0 Å². The van der Waals surface area contributed by atoms with Gasteiger partial charge < -0.3 is 10.4 Å². The minimum absolute atomic E-state index is 0.183. The summed E-state index contributed by atoms with van der Waals surface area (Å²) in [6.07, 6.45) is 4.41. The summed E-state index contributed by atoms with van der Waals surface area (Å²) in [5.41, 5.74) is 1.22. The van der Waals surface area contributed by atoms with Crippen LogP contribution in [0.4, 0.5) is 0 Å². The van der Waals surface area contributed by atoms with Crippen LogP contribution in [0.25, 0.3) is 6.08 Å². The van der Waals surface area contributed by atoms with Gasteiger partial charge in [-0.05, 0) is 25.2 Å². The fourth-order valence-corrected chi connectivity index (χ4v) is 1.08. The first-order valence-corrected chi connectivity index (χ1v) is 4.37. The first-order chi connectivity index (χ1) is 6.77. The first-order valence-electron chi connectivity index (χ1n) is 4.37. The molecular weight excluding hydrogens is 178 g/mol. The van der Waals surface area contributed by atoms with Crippen molar-refractivity contribution in [1.82, 2.24) is 5.32 Å². The third kappa shape index (κ3) is 2.71. The predicted octanol–water partition coefficient (Wildman–Crippen LogP) is 1.44. The number of phenolic OH excluding ortho intramolecular Hbond substituents is 1. The van der Waals surface area contributed by atoms with E-state index in [1.165, 1.54) is 6.07 Å². The molecule has 0 atom stereocenters. The van der Waals surface area contributed by atoms with E-state index in [0.29, 0.717) is 11.1 Å². The lowest BCUT2D eigenvalue weighted by molar-refractivity contribution is 0.112. The van der Waals surface area contributed by atoms with Gasteiger partial charge in [-0.3, -0.25) is 4.79 Å². The van der Waals surface area contributed by atoms with Crippen LogP contribution in [0.2, 0.25) is 0 Å². The number of hydrogen-bond acceptors (Lipinski definition) is 3. The van der Waals surface area contributed by atoms with Crippen molar-refractivity contribution < 1.29 is 9.90 Å². The zero-order valence-corrected chi connectivity index (χ0v) is 8.03. The van der Waals surface area contributed by atoms with Crippen molar-refractivity contribution in [1.29, 1.82) is 0 Å². The number of likely N-dealkylation sites (N-methyl/N-ethyl adjacent to an activating group) is 1. The molecule has 14 heavy (non-hydrogen) atoms. The maximum Gasteiger partial charge on any atom is 0.150 e. The molecule has 0 heterocycles. The van der Waals surface area contributed by atoms with Gasteiger partial charge in [0.2, 0.25) is 0 Å². The highest BCUT2D eigenvalue weighted by Crippen LogP contribution is 2.18. The van der Waals surface area contributed by atoms with Crippen LogP contribution >= 0.6 is 0 Å². The Kier molecular flexibility index (Phi) is 3.88. The van der Waals surface area contributed by atoms with E-state index in [4.69, 9.17) is 0 Å². The maximum atomic E-state index is 10.5. The van der Waals surface area contributed by atoms with Crippen LogP contribution in [0, 0.1) is 0 Å². The van der Waals surface area contributed by atoms with E-state index in [9.17, 15) is 9.90 Å². The zero-order chi connectivity index (χ0) is 10.4. The highest BCUT2D eigenvalue weighted by atomic mass is 16.3. The zero-order valence-electron chi connectivity index (χ0n) is 8.03. The molecule has 74 valence electrons. The minimum atomic E-state index is 0.183. The van der Waals surface area contributed by atoms with Crippen LogP contribution in [0.15, 0.2) is 24.3 Å². The van der Waals surface area contributed by atoms with Gasteiger partial charge in [-0.2, -0.15) is 0 Å². The van der Waals surface area contributed by atoms with Gasteiger partial charge in [0.1, 0.15) is 12.0 Å². The van der Waals surface area contributed by atoms with Crippen molar-refractivity contribution in [3.8, 4) is 5.75 Å². The molecular formula is C11H13NO2. The van der Waals surface area contributed by atoms with Crippen molar-refractivity contribution in [3.05, 3.63) is 35.4 Å². The Hall–Kier alpha value is -1.61. The number of phenols is 1. The molecule has 0 fully saturated rings. The fraction of sp³-hybridized carbons (Fsp3) is 0.182. The molecule has 1 aromatic rings. The number of nitrogens with one attached hydrogen (secondary N) is 1. The summed E-state index contributed by atoms with van der Waals surface area (Å²) < 4.78 is 0. The third-order valence-corrected chi connectivity index (χ3v) is 1.81. The van der Waals surface area contributed by atoms with Gasteiger partial charge in [-0.25, -0.2) is 0 Å². The van der Waals surface area contributed by atoms with Crippen molar-refractivity contribution in [2.75, 3.05) is 13.6 Å². The maximum absolute atomic E-state index is 10.5. The lowest BCUT2D eigenvalue weighted by Crippen LogP contribution is -2.03. The molecule has 0 aromatic heterocycles. The van der Waals surface area contributed by atoms with Crippen molar-refractivity contribution in [2.45, 2.75) is 0 Å². The molecule has 0 aliphatic rings. The van der Waals surface area contributed by atoms with Crippen LogP contribution in [0.3, 0.4) is 0 Å². The summed E-state index contributed by atoms with van der Waals surface area (Å²) in [5.74, 6) is 0.183. The summed E-state index contributed by atoms with van der Waals surface area (Å²) >= 11 is 0. The SMILES string of the molecule is CNCC=Cc1cc(C=O)ccc1O. The molecule has 0 aliphatic carbocycles. The Morgan fingerprint density at radius 3 is 2.93 bits per heavy atom. The lowest BCUT2D eigenvalue weighted by Gasteiger charge is -1.99. The molecule has 0 saturated heterocycles. The third-order valence-electron chi connectivity index (χ3n) is 1.81. The summed E-state index contributed by atoms with van der Waals surface area (Å²) in [6.45, 7) is 0.727. The van der Waals surface area contributed by atoms with Crippen LogP contribution in [0.1, 0.15) is 15.9 Å². The van der Waals surface area contributed by atoms with Gasteiger partial charge in [-0.1, -0.05) is 12.2 Å². The van der Waals surface area contributed by atoms with Gasteiger partial charge in [0, 0.05) is 17.7 Å². The van der Waals surface area contributed by atoms with Gasteiger partial charge >= 0.3 is 0 Å². The number of carbonyl (C=O) groups excluding carboxylic acids is 1. The molecule has 2 N–H and O–H groups in total. The number of hydrogen-bond donors (Lipinski definition) is 2. The normalized spacial score (nSPS) is 10.6. The monoisotopic (exact) mass is 191 g/mol. The molecule has 3 nitrogen and oxygen atoms in total. The van der Waals surface area contributed by atoms with Crippen molar-refractivity contribution in [2.24, 2.45) is 0 Å². The molecule has 1 rings (SSSR count). The Morgan fingerprint density at radius 2 is 2.29 bits per heavy atom. The van der Waals surface area contributed by atoms with Crippen molar-refractivity contribution in [3.63, 3.8) is 0 Å². The molecule has 0 unspecified atom stereocenters. The standard InChI is InChI=1S/C11H13NO2/c1-12-6-2-3-10-7-9(8-13)4-5-11(10)14/h2-5,7-8,12,14H,6H2,1H3. The fourth-order valence-electron chi connectivity index (χ4n) is 1.08. The topological polar surface area (TPSA) is 49.3 Å². The van der Waals surface area contributed by atoms with Gasteiger partial charge in [0.15, 0.2) is 0 Å². The van der Waals surface area contributed by atoms with E-state index < -0.39 is 0 Å². The molecule has 0 spiro atoms. The van der Waals surface area contributed by atoms with E-state index in [1.54, 1.807) is 18.2 Å². The molecule has 0 bridgehead atoms. The van der Waals surface area contributed by atoms with Crippen LogP contribution in [-0.2, 0) is 0 Å². The molecule has 0 saturated carbocycles. The number of aldehydes is 1. The van der Waals surface area contributed by atoms with Crippen LogP contribution < -0.4 is 5.32 Å². The van der Waals surface area contributed by atoms with Crippen molar-refractivity contribution >= 4 is 12.4 Å². The van der Waals surface area contributed by atoms with Gasteiger partial charge in [0.25, 0.3) is 0 Å². The van der Waals surface area contributed by atoms with E-state index in [2.05, 4.69) is 5.32 Å². The number of rotatable bonds is 4. The highest BCUT2D eigenvalue weighted by molar-refractivity contribution is 5.77. The highest BCUT2D eigenvalue weighted by Gasteiger charge is 1.98. The second-order valence-electron chi connectivity index (χ2n) is 2.90. The number of aromatic hydroxyl groups is 1. The molecule has 0 aliphatic heterocycles. The Bertz CT molecular complexity index is 345. The Labute approximate surface area is 83.1 Å². The summed E-state index contributed by atoms with van der Waals surface area (Å²) in [6, 6.07) is 4.75. The minimum Gasteiger partial charge on any atom is -0.507 e. The Morgan fingerprint density at radius 1 is 1.50 bits per heavy atom. The van der Waals surface area contributed by atoms with E-state index in [1.807, 2.05) is 13.1 Å². The summed E-state index contributed by atoms with van der Waals surface area (Å²) in [4.78, 5) is 10.5. The van der Waals surface area contributed by atoms with Gasteiger partial charge in [-0.15, -0.1) is 0 Å². The molecule has 1 aromatic carbocycles. The predicted molar refractivity (Wildman–Crippen MR) is 56.5 cm³/mol. The number of carbonyl (C=O) groups is 1. The van der Waals surface area contributed by atoms with E-state index in [0.717, 1.165) is 12.8 Å². The second kappa shape index (κ2) is 5.19. The summed E-state index contributed by atoms with van der Waals surface area (Å²) in [7, 11) is 1.84. The van der Waals surface area contributed by atoms with E-state index in [-0.39, 0.29) is 5.75 Å². The summed E-state index contributed by atoms with van der Waals surface area (Å²) in [5, 5.41) is 12.4. The smallest absolute Gasteiger partial charge is 0.150 e. The molecule has 0 radical (unpaired) electrons. The second-order valence-corrected chi connectivity index (χ2v) is 2.90. The average molecular weight is 191 g/mol. The lowest BCUT2D eigenvalue weighted by atomic mass is 10.1. The van der Waals surface area contributed by atoms with Gasteiger partial charge in [0.05, 0.1) is 0 Å². The molecule has 3 heteroatoms. The molecule has 0 amide bonds.